The molecule has 0 aromatic carbocycles. The number of aromatic nitrogens is 2. The second-order valence-electron chi connectivity index (χ2n) is 2.51. The average molecular weight is 184 g/mol. The van der Waals surface area contributed by atoms with Gasteiger partial charge in [0, 0.05) is 11.8 Å². The van der Waals surface area contributed by atoms with Crippen LogP contribution in [0, 0.1) is 0 Å². The summed E-state index contributed by atoms with van der Waals surface area (Å²) in [6.07, 6.45) is 3.12. The zero-order valence-corrected chi connectivity index (χ0v) is 7.43. The van der Waals surface area contributed by atoms with Crippen molar-refractivity contribution in [2.75, 3.05) is 6.61 Å². The molecule has 1 N–H and O–H groups in total. The van der Waals surface area contributed by atoms with Crippen molar-refractivity contribution in [3.63, 3.8) is 0 Å². The lowest BCUT2D eigenvalue weighted by molar-refractivity contribution is -0.144. The van der Waals surface area contributed by atoms with E-state index in [1.165, 1.54) is 10.9 Å². The maximum atomic E-state index is 11.0. The summed E-state index contributed by atoms with van der Waals surface area (Å²) in [5.41, 5.74) is 0.685. The number of aliphatic hydroxyl groups excluding tert-OH is 1. The monoisotopic (exact) mass is 184 g/mol. The molecule has 0 aliphatic carbocycles. The third-order valence-corrected chi connectivity index (χ3v) is 1.47. The zero-order valence-electron chi connectivity index (χ0n) is 7.43. The van der Waals surface area contributed by atoms with Crippen molar-refractivity contribution in [1.82, 2.24) is 9.78 Å². The minimum absolute atomic E-state index is 0.0666. The standard InChI is InChI=1S/C8H12N2O3/c1-2-13-8(12)5-10-4-7(6-11)3-9-10/h3-4,11H,2,5-6H2,1H3. The topological polar surface area (TPSA) is 64.3 Å². The van der Waals surface area contributed by atoms with E-state index in [-0.39, 0.29) is 19.1 Å². The molecule has 0 amide bonds. The minimum atomic E-state index is -0.324. The van der Waals surface area contributed by atoms with Crippen LogP contribution in [0.2, 0.25) is 0 Å². The Balaban J connectivity index is 2.49. The molecular weight excluding hydrogens is 172 g/mol. The van der Waals surface area contributed by atoms with Crippen molar-refractivity contribution in [3.8, 4) is 0 Å². The number of ether oxygens (including phenoxy) is 1. The fourth-order valence-electron chi connectivity index (χ4n) is 0.913. The predicted molar refractivity (Wildman–Crippen MR) is 44.8 cm³/mol. The van der Waals surface area contributed by atoms with Gasteiger partial charge in [-0.05, 0) is 6.92 Å². The second-order valence-corrected chi connectivity index (χ2v) is 2.51. The highest BCUT2D eigenvalue weighted by molar-refractivity contribution is 5.68. The molecule has 5 heteroatoms. The van der Waals surface area contributed by atoms with E-state index < -0.39 is 0 Å². The van der Waals surface area contributed by atoms with E-state index in [9.17, 15) is 4.79 Å². The van der Waals surface area contributed by atoms with Gasteiger partial charge in [-0.15, -0.1) is 0 Å². The maximum absolute atomic E-state index is 11.0. The number of esters is 1. The van der Waals surface area contributed by atoms with Gasteiger partial charge in [0.05, 0.1) is 19.4 Å². The minimum Gasteiger partial charge on any atom is -0.465 e. The summed E-state index contributed by atoms with van der Waals surface area (Å²) in [5.74, 6) is -0.324. The Labute approximate surface area is 75.9 Å². The Morgan fingerprint density at radius 2 is 2.54 bits per heavy atom. The summed E-state index contributed by atoms with van der Waals surface area (Å²) in [5, 5.41) is 12.6. The molecule has 0 unspecified atom stereocenters. The summed E-state index contributed by atoms with van der Waals surface area (Å²) in [4.78, 5) is 11.0. The first-order chi connectivity index (χ1) is 6.26. The van der Waals surface area contributed by atoms with Gasteiger partial charge in [0.25, 0.3) is 0 Å². The summed E-state index contributed by atoms with van der Waals surface area (Å²) in [6.45, 7) is 2.14. The number of carbonyl (C=O) groups is 1. The molecule has 0 saturated carbocycles. The molecular formula is C8H12N2O3. The zero-order chi connectivity index (χ0) is 9.68. The lowest BCUT2D eigenvalue weighted by atomic mass is 10.4. The van der Waals surface area contributed by atoms with Crippen LogP contribution in [0.25, 0.3) is 0 Å². The van der Waals surface area contributed by atoms with Gasteiger partial charge in [-0.3, -0.25) is 9.48 Å². The first-order valence-electron chi connectivity index (χ1n) is 4.04. The van der Waals surface area contributed by atoms with E-state index in [4.69, 9.17) is 9.84 Å². The molecule has 1 aromatic heterocycles. The third-order valence-electron chi connectivity index (χ3n) is 1.47. The van der Waals surface area contributed by atoms with Gasteiger partial charge in [0.2, 0.25) is 0 Å². The number of hydrogen-bond donors (Lipinski definition) is 1. The fourth-order valence-corrected chi connectivity index (χ4v) is 0.913. The summed E-state index contributed by atoms with van der Waals surface area (Å²) < 4.78 is 6.16. The molecule has 0 atom stereocenters. The first kappa shape index (κ1) is 9.73. The van der Waals surface area contributed by atoms with Crippen molar-refractivity contribution in [2.24, 2.45) is 0 Å². The SMILES string of the molecule is CCOC(=O)Cn1cc(CO)cn1. The van der Waals surface area contributed by atoms with Crippen LogP contribution in [0.1, 0.15) is 12.5 Å². The molecule has 5 nitrogen and oxygen atoms in total. The lowest BCUT2D eigenvalue weighted by Crippen LogP contribution is -2.13. The van der Waals surface area contributed by atoms with Crippen molar-refractivity contribution < 1.29 is 14.6 Å². The van der Waals surface area contributed by atoms with E-state index in [0.29, 0.717) is 12.2 Å². The van der Waals surface area contributed by atoms with Gasteiger partial charge in [0.15, 0.2) is 0 Å². The Kier molecular flexibility index (Phi) is 3.45. The van der Waals surface area contributed by atoms with E-state index in [1.54, 1.807) is 13.1 Å². The van der Waals surface area contributed by atoms with Gasteiger partial charge < -0.3 is 9.84 Å². The highest BCUT2D eigenvalue weighted by Gasteiger charge is 2.04. The number of rotatable bonds is 4. The van der Waals surface area contributed by atoms with Crippen molar-refractivity contribution in [1.29, 1.82) is 0 Å². The largest absolute Gasteiger partial charge is 0.465 e. The normalized spacial score (nSPS) is 10.0. The molecule has 72 valence electrons. The molecule has 0 bridgehead atoms. The summed E-state index contributed by atoms with van der Waals surface area (Å²) in [6, 6.07) is 0. The molecule has 13 heavy (non-hydrogen) atoms. The van der Waals surface area contributed by atoms with E-state index in [1.807, 2.05) is 0 Å². The van der Waals surface area contributed by atoms with Gasteiger partial charge in [0.1, 0.15) is 6.54 Å². The van der Waals surface area contributed by atoms with Gasteiger partial charge >= 0.3 is 5.97 Å². The van der Waals surface area contributed by atoms with Crippen LogP contribution in [0.5, 0.6) is 0 Å². The number of nitrogens with zero attached hydrogens (tertiary/aromatic N) is 2. The molecule has 0 aliphatic heterocycles. The van der Waals surface area contributed by atoms with E-state index in [0.717, 1.165) is 0 Å². The molecule has 0 fully saturated rings. The van der Waals surface area contributed by atoms with Crippen LogP contribution in [0.15, 0.2) is 12.4 Å². The summed E-state index contributed by atoms with van der Waals surface area (Å²) in [7, 11) is 0. The van der Waals surface area contributed by atoms with Crippen LogP contribution in [-0.2, 0) is 22.7 Å². The van der Waals surface area contributed by atoms with E-state index >= 15 is 0 Å². The van der Waals surface area contributed by atoms with Gasteiger partial charge in [-0.2, -0.15) is 5.10 Å². The highest BCUT2D eigenvalue weighted by atomic mass is 16.5. The fraction of sp³-hybridized carbons (Fsp3) is 0.500. The third kappa shape index (κ3) is 2.87. The van der Waals surface area contributed by atoms with E-state index in [2.05, 4.69) is 5.10 Å². The molecule has 0 aliphatic rings. The number of aliphatic hydroxyl groups is 1. The second kappa shape index (κ2) is 4.61. The maximum Gasteiger partial charge on any atom is 0.327 e. The van der Waals surface area contributed by atoms with Crippen LogP contribution >= 0.6 is 0 Å². The van der Waals surface area contributed by atoms with Gasteiger partial charge in [-0.1, -0.05) is 0 Å². The van der Waals surface area contributed by atoms with Crippen LogP contribution in [0.3, 0.4) is 0 Å². The Hall–Kier alpha value is -1.36. The number of carbonyl (C=O) groups excluding carboxylic acids is 1. The molecule has 1 aromatic rings. The predicted octanol–water partition coefficient (Wildman–Crippen LogP) is -0.0615. The summed E-state index contributed by atoms with van der Waals surface area (Å²) >= 11 is 0. The Morgan fingerprint density at radius 1 is 1.77 bits per heavy atom. The quantitative estimate of drug-likeness (QED) is 0.666. The highest BCUT2D eigenvalue weighted by Crippen LogP contribution is 1.97. The van der Waals surface area contributed by atoms with Crippen molar-refractivity contribution in [3.05, 3.63) is 18.0 Å². The molecule has 1 heterocycles. The Morgan fingerprint density at radius 3 is 3.08 bits per heavy atom. The van der Waals surface area contributed by atoms with Gasteiger partial charge in [-0.25, -0.2) is 0 Å². The molecule has 0 saturated heterocycles. The lowest BCUT2D eigenvalue weighted by Gasteiger charge is -2.00. The van der Waals surface area contributed by atoms with Crippen molar-refractivity contribution in [2.45, 2.75) is 20.1 Å². The molecule has 1 rings (SSSR count). The molecule has 0 radical (unpaired) electrons. The Bertz CT molecular complexity index is 283. The first-order valence-corrected chi connectivity index (χ1v) is 4.04. The van der Waals surface area contributed by atoms with Crippen LogP contribution in [0.4, 0.5) is 0 Å². The molecule has 0 spiro atoms. The number of hydrogen-bond acceptors (Lipinski definition) is 4. The van der Waals surface area contributed by atoms with Crippen LogP contribution < -0.4 is 0 Å². The van der Waals surface area contributed by atoms with Crippen LogP contribution in [-0.4, -0.2) is 27.5 Å². The van der Waals surface area contributed by atoms with Crippen molar-refractivity contribution >= 4 is 5.97 Å². The average Bonchev–Trinajstić information content (AvgIpc) is 2.52. The smallest absolute Gasteiger partial charge is 0.327 e.